The minimum atomic E-state index is -3.57. The maximum absolute atomic E-state index is 12.4. The number of amides is 1. The Kier molecular flexibility index (Phi) is 6.83. The van der Waals surface area contributed by atoms with E-state index in [4.69, 9.17) is 11.6 Å². The second-order valence-electron chi connectivity index (χ2n) is 7.35. The number of benzene rings is 2. The number of carbonyl (C=O) groups excluding carboxylic acids is 1. The van der Waals surface area contributed by atoms with Crippen LogP contribution >= 0.6 is 11.6 Å². The molecule has 1 amide bonds. The second-order valence-corrected chi connectivity index (χ2v) is 9.44. The monoisotopic (exact) mass is 447 g/mol. The molecule has 2 aromatic rings. The SMILES string of the molecule is CCC(CC)(CNC(=O)CCN=C1NS(=O)(=O)c2ccccc21)c1ccc(Cl)cc1. The van der Waals surface area contributed by atoms with E-state index in [1.807, 2.05) is 24.3 Å². The fourth-order valence-electron chi connectivity index (χ4n) is 3.69. The summed E-state index contributed by atoms with van der Waals surface area (Å²) in [6.45, 7) is 4.94. The Bertz CT molecular complexity index is 1050. The molecule has 2 aromatic carbocycles. The molecule has 8 heteroatoms. The standard InChI is InChI=1S/C22H26ClN3O3S/c1-3-22(4-2,16-9-11-17(23)12-10-16)15-25-20(27)13-14-24-21-18-7-5-6-8-19(18)30(28,29)26-21/h5-12H,3-4,13-15H2,1-2H3,(H,24,26)(H,25,27). The highest BCUT2D eigenvalue weighted by Gasteiger charge is 2.30. The Hall–Kier alpha value is -2.38. The van der Waals surface area contributed by atoms with Crippen molar-refractivity contribution in [3.63, 3.8) is 0 Å². The third-order valence-electron chi connectivity index (χ3n) is 5.71. The van der Waals surface area contributed by atoms with E-state index in [0.717, 1.165) is 18.4 Å². The van der Waals surface area contributed by atoms with Crippen molar-refractivity contribution in [1.82, 2.24) is 10.0 Å². The topological polar surface area (TPSA) is 87.6 Å². The maximum atomic E-state index is 12.4. The molecule has 30 heavy (non-hydrogen) atoms. The van der Waals surface area contributed by atoms with Crippen LogP contribution in [0.15, 0.2) is 58.4 Å². The van der Waals surface area contributed by atoms with Crippen LogP contribution in [0.5, 0.6) is 0 Å². The fraction of sp³-hybridized carbons (Fsp3) is 0.364. The summed E-state index contributed by atoms with van der Waals surface area (Å²) < 4.78 is 26.7. The van der Waals surface area contributed by atoms with Crippen molar-refractivity contribution < 1.29 is 13.2 Å². The summed E-state index contributed by atoms with van der Waals surface area (Å²) in [6.07, 6.45) is 1.94. The molecule has 0 saturated carbocycles. The highest BCUT2D eigenvalue weighted by Crippen LogP contribution is 2.32. The quantitative estimate of drug-likeness (QED) is 0.647. The molecule has 160 valence electrons. The minimum Gasteiger partial charge on any atom is -0.355 e. The van der Waals surface area contributed by atoms with Crippen LogP contribution < -0.4 is 10.0 Å². The first kappa shape index (κ1) is 22.3. The Morgan fingerprint density at radius 1 is 1.10 bits per heavy atom. The van der Waals surface area contributed by atoms with Crippen LogP contribution in [-0.4, -0.2) is 33.3 Å². The number of amidine groups is 1. The zero-order valence-electron chi connectivity index (χ0n) is 17.1. The molecule has 1 heterocycles. The van der Waals surface area contributed by atoms with E-state index in [1.54, 1.807) is 24.3 Å². The van der Waals surface area contributed by atoms with Crippen LogP contribution in [0.1, 0.15) is 44.2 Å². The number of hydrogen-bond donors (Lipinski definition) is 2. The third-order valence-corrected chi connectivity index (χ3v) is 7.35. The molecule has 6 nitrogen and oxygen atoms in total. The molecular formula is C22H26ClN3O3S. The summed E-state index contributed by atoms with van der Waals surface area (Å²) in [5.41, 5.74) is 1.53. The average molecular weight is 448 g/mol. The Labute approximate surface area is 182 Å². The number of nitrogens with one attached hydrogen (secondary N) is 2. The maximum Gasteiger partial charge on any atom is 0.263 e. The van der Waals surface area contributed by atoms with Gasteiger partial charge in [0.1, 0.15) is 5.84 Å². The molecule has 0 spiro atoms. The van der Waals surface area contributed by atoms with Gasteiger partial charge < -0.3 is 5.32 Å². The van der Waals surface area contributed by atoms with Crippen molar-refractivity contribution >= 4 is 33.4 Å². The number of rotatable bonds is 8. The zero-order valence-corrected chi connectivity index (χ0v) is 18.7. The first-order valence-electron chi connectivity index (χ1n) is 10.0. The van der Waals surface area contributed by atoms with E-state index in [-0.39, 0.29) is 35.0 Å². The number of aliphatic imine (C=N–C) groups is 1. The van der Waals surface area contributed by atoms with Gasteiger partial charge >= 0.3 is 0 Å². The summed E-state index contributed by atoms with van der Waals surface area (Å²) in [7, 11) is -3.57. The van der Waals surface area contributed by atoms with Gasteiger partial charge in [-0.25, -0.2) is 8.42 Å². The van der Waals surface area contributed by atoms with E-state index < -0.39 is 10.0 Å². The summed E-state index contributed by atoms with van der Waals surface area (Å²) in [5.74, 6) is 0.171. The number of sulfonamides is 1. The second kappa shape index (κ2) is 9.18. The molecule has 2 N–H and O–H groups in total. The lowest BCUT2D eigenvalue weighted by Gasteiger charge is -2.32. The van der Waals surface area contributed by atoms with E-state index >= 15 is 0 Å². The molecule has 1 aliphatic heterocycles. The van der Waals surface area contributed by atoms with Crippen molar-refractivity contribution in [2.24, 2.45) is 4.99 Å². The highest BCUT2D eigenvalue weighted by atomic mass is 35.5. The van der Waals surface area contributed by atoms with Crippen LogP contribution in [0.25, 0.3) is 0 Å². The Morgan fingerprint density at radius 2 is 1.77 bits per heavy atom. The lowest BCUT2D eigenvalue weighted by atomic mass is 9.76. The predicted octanol–water partition coefficient (Wildman–Crippen LogP) is 3.64. The van der Waals surface area contributed by atoms with Crippen molar-refractivity contribution in [3.8, 4) is 0 Å². The van der Waals surface area contributed by atoms with Crippen LogP contribution in [0.2, 0.25) is 5.02 Å². The molecule has 0 saturated heterocycles. The lowest BCUT2D eigenvalue weighted by molar-refractivity contribution is -0.121. The Morgan fingerprint density at radius 3 is 2.43 bits per heavy atom. The molecule has 1 aliphatic rings. The van der Waals surface area contributed by atoms with Crippen LogP contribution in [0.4, 0.5) is 0 Å². The van der Waals surface area contributed by atoms with Gasteiger partial charge in [-0.15, -0.1) is 0 Å². The fourth-order valence-corrected chi connectivity index (χ4v) is 5.07. The normalized spacial score (nSPS) is 16.2. The van der Waals surface area contributed by atoms with Gasteiger partial charge in [0.05, 0.1) is 11.4 Å². The van der Waals surface area contributed by atoms with E-state index in [1.165, 1.54) is 0 Å². The smallest absolute Gasteiger partial charge is 0.263 e. The summed E-state index contributed by atoms with van der Waals surface area (Å²) in [5, 5.41) is 3.71. The van der Waals surface area contributed by atoms with Gasteiger partial charge in [-0.05, 0) is 42.7 Å². The minimum absolute atomic E-state index is 0.117. The highest BCUT2D eigenvalue weighted by molar-refractivity contribution is 7.90. The zero-order chi connectivity index (χ0) is 21.8. The molecular weight excluding hydrogens is 422 g/mol. The summed E-state index contributed by atoms with van der Waals surface area (Å²) in [6, 6.07) is 14.4. The molecule has 0 aromatic heterocycles. The average Bonchev–Trinajstić information content (AvgIpc) is 3.01. The van der Waals surface area contributed by atoms with E-state index in [9.17, 15) is 13.2 Å². The molecule has 0 aliphatic carbocycles. The molecule has 0 atom stereocenters. The van der Waals surface area contributed by atoms with Gasteiger partial charge in [0, 0.05) is 29.0 Å². The van der Waals surface area contributed by atoms with Gasteiger partial charge in [-0.2, -0.15) is 0 Å². The van der Waals surface area contributed by atoms with Gasteiger partial charge in [0.2, 0.25) is 5.91 Å². The Balaban J connectivity index is 1.61. The molecule has 0 unspecified atom stereocenters. The largest absolute Gasteiger partial charge is 0.355 e. The molecule has 0 bridgehead atoms. The van der Waals surface area contributed by atoms with Crippen molar-refractivity contribution in [2.75, 3.05) is 13.1 Å². The van der Waals surface area contributed by atoms with Crippen LogP contribution in [-0.2, 0) is 20.2 Å². The number of carbonyl (C=O) groups is 1. The third kappa shape index (κ3) is 4.68. The van der Waals surface area contributed by atoms with E-state index in [0.29, 0.717) is 17.1 Å². The first-order valence-corrected chi connectivity index (χ1v) is 11.9. The summed E-state index contributed by atoms with van der Waals surface area (Å²) >= 11 is 6.01. The number of nitrogens with zero attached hydrogens (tertiary/aromatic N) is 1. The lowest BCUT2D eigenvalue weighted by Crippen LogP contribution is -2.40. The van der Waals surface area contributed by atoms with Crippen molar-refractivity contribution in [1.29, 1.82) is 0 Å². The van der Waals surface area contributed by atoms with Gasteiger partial charge in [-0.3, -0.25) is 14.5 Å². The van der Waals surface area contributed by atoms with Crippen molar-refractivity contribution in [2.45, 2.75) is 43.4 Å². The molecule has 3 rings (SSSR count). The van der Waals surface area contributed by atoms with Crippen LogP contribution in [0.3, 0.4) is 0 Å². The van der Waals surface area contributed by atoms with E-state index in [2.05, 4.69) is 28.9 Å². The van der Waals surface area contributed by atoms with Gasteiger partial charge in [0.15, 0.2) is 0 Å². The van der Waals surface area contributed by atoms with Gasteiger partial charge in [-0.1, -0.05) is 49.7 Å². The van der Waals surface area contributed by atoms with Crippen molar-refractivity contribution in [3.05, 3.63) is 64.7 Å². The molecule has 0 fully saturated rings. The number of fused-ring (bicyclic) bond motifs is 1. The summed E-state index contributed by atoms with van der Waals surface area (Å²) in [4.78, 5) is 16.9. The van der Waals surface area contributed by atoms with Gasteiger partial charge in [0.25, 0.3) is 10.0 Å². The van der Waals surface area contributed by atoms with Crippen LogP contribution in [0, 0.1) is 0 Å². The number of halogens is 1. The first-order chi connectivity index (χ1) is 14.3. The predicted molar refractivity (Wildman–Crippen MR) is 120 cm³/mol. The molecule has 0 radical (unpaired) electrons. The number of hydrogen-bond acceptors (Lipinski definition) is 4.